The van der Waals surface area contributed by atoms with E-state index in [2.05, 4.69) is 26.8 Å². The van der Waals surface area contributed by atoms with Crippen molar-refractivity contribution in [3.63, 3.8) is 0 Å². The summed E-state index contributed by atoms with van der Waals surface area (Å²) in [6.07, 6.45) is 9.45. The van der Waals surface area contributed by atoms with Crippen LogP contribution in [-0.4, -0.2) is 30.2 Å². The van der Waals surface area contributed by atoms with Gasteiger partial charge in [0, 0.05) is 0 Å². The first kappa shape index (κ1) is 9.61. The van der Waals surface area contributed by atoms with E-state index < -0.39 is 0 Å². The lowest BCUT2D eigenvalue weighted by Gasteiger charge is -2.47. The summed E-state index contributed by atoms with van der Waals surface area (Å²) >= 11 is 0. The average Bonchev–Trinajstić information content (AvgIpc) is 2.02. The van der Waals surface area contributed by atoms with Gasteiger partial charge in [0.15, 0.2) is 0 Å². The normalized spacial score (nSPS) is 42.2. The number of hydrogen-bond acceptors (Lipinski definition) is 0. The van der Waals surface area contributed by atoms with Crippen LogP contribution in [0.25, 0.3) is 0 Å². The molecule has 0 aromatic carbocycles. The molecule has 1 fully saturated rings. The molecule has 0 saturated carbocycles. The lowest BCUT2D eigenvalue weighted by molar-refractivity contribution is -0.951. The highest BCUT2D eigenvalue weighted by molar-refractivity contribution is 4.85. The Kier molecular flexibility index (Phi) is 2.80. The Balaban J connectivity index is 2.74. The molecule has 2 unspecified atom stereocenters. The van der Waals surface area contributed by atoms with Crippen molar-refractivity contribution in [2.24, 2.45) is 0 Å². The smallest absolute Gasteiger partial charge is 0.140 e. The van der Waals surface area contributed by atoms with Gasteiger partial charge in [0.2, 0.25) is 0 Å². The van der Waals surface area contributed by atoms with Gasteiger partial charge in [0.25, 0.3) is 0 Å². The summed E-state index contributed by atoms with van der Waals surface area (Å²) in [4.78, 5) is 0. The third-order valence-corrected chi connectivity index (χ3v) is 3.69. The van der Waals surface area contributed by atoms with E-state index in [1.54, 1.807) is 0 Å². The fourth-order valence-electron chi connectivity index (χ4n) is 2.24. The highest BCUT2D eigenvalue weighted by Gasteiger charge is 2.37. The minimum absolute atomic E-state index is 0.741. The first-order chi connectivity index (χ1) is 5.61. The average molecular weight is 166 g/mol. The molecule has 0 spiro atoms. The maximum atomic E-state index is 5.40. The van der Waals surface area contributed by atoms with Crippen molar-refractivity contribution in [1.82, 2.24) is 0 Å². The van der Waals surface area contributed by atoms with E-state index in [-0.39, 0.29) is 0 Å². The Morgan fingerprint density at radius 1 is 1.33 bits per heavy atom. The molecule has 1 heteroatoms. The number of nitrogens with zero attached hydrogens (tertiary/aromatic N) is 1. The molecule has 12 heavy (non-hydrogen) atoms. The van der Waals surface area contributed by atoms with Gasteiger partial charge in [-0.1, -0.05) is 0 Å². The summed E-state index contributed by atoms with van der Waals surface area (Å²) in [6, 6.07) is 1.48. The van der Waals surface area contributed by atoms with Crippen molar-refractivity contribution in [2.75, 3.05) is 13.6 Å². The van der Waals surface area contributed by atoms with Crippen molar-refractivity contribution < 1.29 is 4.48 Å². The number of terminal acetylenes is 1. The summed E-state index contributed by atoms with van der Waals surface area (Å²) in [6.45, 7) is 5.54. The van der Waals surface area contributed by atoms with Crippen molar-refractivity contribution in [3.05, 3.63) is 0 Å². The van der Waals surface area contributed by atoms with Gasteiger partial charge in [0.05, 0.1) is 19.1 Å². The number of likely N-dealkylation sites (tertiary alicyclic amines) is 1. The number of quaternary nitrogens is 1. The zero-order valence-electron chi connectivity index (χ0n) is 8.51. The van der Waals surface area contributed by atoms with Gasteiger partial charge < -0.3 is 4.48 Å². The molecule has 0 aromatic heterocycles. The van der Waals surface area contributed by atoms with Gasteiger partial charge in [-0.15, -0.1) is 6.42 Å². The fraction of sp³-hybridized carbons (Fsp3) is 0.818. The summed E-state index contributed by atoms with van der Waals surface area (Å²) in [5.74, 6) is 2.81. The van der Waals surface area contributed by atoms with Crippen LogP contribution in [0.1, 0.15) is 33.1 Å². The summed E-state index contributed by atoms with van der Waals surface area (Å²) < 4.78 is 1.08. The first-order valence-corrected chi connectivity index (χ1v) is 4.89. The first-order valence-electron chi connectivity index (χ1n) is 4.89. The largest absolute Gasteiger partial charge is 0.312 e. The molecule has 1 aliphatic rings. The summed E-state index contributed by atoms with van der Waals surface area (Å²) in [5.41, 5.74) is 0. The van der Waals surface area contributed by atoms with Crippen molar-refractivity contribution in [1.29, 1.82) is 0 Å². The highest BCUT2D eigenvalue weighted by Crippen LogP contribution is 2.28. The Hall–Kier alpha value is -0.480. The maximum Gasteiger partial charge on any atom is 0.140 e. The van der Waals surface area contributed by atoms with Crippen LogP contribution in [0.2, 0.25) is 0 Å². The molecule has 0 aliphatic carbocycles. The van der Waals surface area contributed by atoms with Gasteiger partial charge in [-0.3, -0.25) is 0 Å². The third-order valence-electron chi connectivity index (χ3n) is 3.69. The Labute approximate surface area is 76.4 Å². The lowest BCUT2D eigenvalue weighted by Crippen LogP contribution is -2.58. The summed E-state index contributed by atoms with van der Waals surface area (Å²) in [7, 11) is 2.30. The minimum atomic E-state index is 0.741. The van der Waals surface area contributed by atoms with Gasteiger partial charge in [-0.25, -0.2) is 0 Å². The molecule has 0 radical (unpaired) electrons. The van der Waals surface area contributed by atoms with E-state index in [0.29, 0.717) is 0 Å². The second-order valence-corrected chi connectivity index (χ2v) is 4.34. The molecule has 1 rings (SSSR count). The molecule has 2 atom stereocenters. The SMILES string of the molecule is C#CC[N+]1(C)C(C)CCCC1C. The zero-order chi connectivity index (χ0) is 9.19. The van der Waals surface area contributed by atoms with E-state index in [0.717, 1.165) is 23.1 Å². The monoisotopic (exact) mass is 166 g/mol. The molecule has 68 valence electrons. The molecule has 0 bridgehead atoms. The topological polar surface area (TPSA) is 0 Å². The van der Waals surface area contributed by atoms with Crippen LogP contribution in [0.4, 0.5) is 0 Å². The van der Waals surface area contributed by atoms with Crippen LogP contribution in [0.3, 0.4) is 0 Å². The van der Waals surface area contributed by atoms with Crippen LogP contribution in [-0.2, 0) is 0 Å². The van der Waals surface area contributed by atoms with E-state index >= 15 is 0 Å². The van der Waals surface area contributed by atoms with Gasteiger partial charge in [0.1, 0.15) is 6.54 Å². The minimum Gasteiger partial charge on any atom is -0.312 e. The molecule has 1 heterocycles. The zero-order valence-corrected chi connectivity index (χ0v) is 8.51. The third kappa shape index (κ3) is 1.49. The van der Waals surface area contributed by atoms with E-state index in [4.69, 9.17) is 6.42 Å². The van der Waals surface area contributed by atoms with Crippen molar-refractivity contribution in [2.45, 2.75) is 45.2 Å². The number of hydrogen-bond donors (Lipinski definition) is 0. The standard InChI is InChI=1S/C11H20N/c1-5-9-12(4)10(2)7-6-8-11(12)3/h1,10-11H,6-9H2,2-4H3/q+1. The second kappa shape index (κ2) is 3.49. The van der Waals surface area contributed by atoms with Gasteiger partial charge in [-0.2, -0.15) is 0 Å². The van der Waals surface area contributed by atoms with Crippen LogP contribution < -0.4 is 0 Å². The van der Waals surface area contributed by atoms with Crippen LogP contribution in [0.5, 0.6) is 0 Å². The molecule has 0 N–H and O–H groups in total. The fourth-order valence-corrected chi connectivity index (χ4v) is 2.24. The maximum absolute atomic E-state index is 5.40. The van der Waals surface area contributed by atoms with Crippen LogP contribution >= 0.6 is 0 Å². The molecular weight excluding hydrogens is 146 g/mol. The Morgan fingerprint density at radius 3 is 2.25 bits per heavy atom. The Morgan fingerprint density at radius 2 is 1.83 bits per heavy atom. The van der Waals surface area contributed by atoms with Crippen LogP contribution in [0, 0.1) is 12.3 Å². The van der Waals surface area contributed by atoms with Crippen molar-refractivity contribution in [3.8, 4) is 12.3 Å². The molecule has 1 aliphatic heterocycles. The van der Waals surface area contributed by atoms with E-state index in [1.165, 1.54) is 19.3 Å². The van der Waals surface area contributed by atoms with Gasteiger partial charge >= 0.3 is 0 Å². The predicted octanol–water partition coefficient (Wildman–Crippen LogP) is 2.03. The summed E-state index contributed by atoms with van der Waals surface area (Å²) in [5, 5.41) is 0. The predicted molar refractivity (Wildman–Crippen MR) is 52.7 cm³/mol. The second-order valence-electron chi connectivity index (χ2n) is 4.34. The molecule has 0 amide bonds. The molecule has 0 aromatic rings. The number of piperidine rings is 1. The highest BCUT2D eigenvalue weighted by atomic mass is 15.4. The molecule has 1 nitrogen and oxygen atoms in total. The number of rotatable bonds is 1. The van der Waals surface area contributed by atoms with Crippen molar-refractivity contribution >= 4 is 0 Å². The molecule has 1 saturated heterocycles. The van der Waals surface area contributed by atoms with Crippen LogP contribution in [0.15, 0.2) is 0 Å². The molecular formula is C11H20N+. The lowest BCUT2D eigenvalue weighted by atomic mass is 9.94. The van der Waals surface area contributed by atoms with E-state index in [9.17, 15) is 0 Å². The van der Waals surface area contributed by atoms with Gasteiger partial charge in [-0.05, 0) is 39.0 Å². The Bertz CT molecular complexity index is 180. The van der Waals surface area contributed by atoms with E-state index in [1.807, 2.05) is 0 Å². The quantitative estimate of drug-likeness (QED) is 0.413.